The Hall–Kier alpha value is -1.11. The van der Waals surface area contributed by atoms with E-state index < -0.39 is 23.1 Å². The van der Waals surface area contributed by atoms with Crippen molar-refractivity contribution in [1.82, 2.24) is 5.32 Å². The predicted molar refractivity (Wildman–Crippen MR) is 58.4 cm³/mol. The maximum atomic E-state index is 13.3. The highest BCUT2D eigenvalue weighted by molar-refractivity contribution is 5.20. The minimum Gasteiger partial charge on any atom is -0.386 e. The second kappa shape index (κ2) is 5.26. The third kappa shape index (κ3) is 3.01. The molecule has 1 aromatic carbocycles. The summed E-state index contributed by atoms with van der Waals surface area (Å²) in [6.07, 6.45) is 0.500. The Morgan fingerprint density at radius 3 is 2.61 bits per heavy atom. The lowest BCUT2D eigenvalue weighted by molar-refractivity contribution is 0.0268. The fraction of sp³-hybridized carbons (Fsp3) is 0.500. The van der Waals surface area contributed by atoms with Crippen LogP contribution in [0.2, 0.25) is 0 Å². The van der Waals surface area contributed by atoms with Gasteiger partial charge in [0.1, 0.15) is 11.4 Å². The van der Waals surface area contributed by atoms with Gasteiger partial charge in [0.15, 0.2) is 11.6 Å². The Balaban J connectivity index is 1.92. The Bertz CT molecular complexity index is 434. The monoisotopic (exact) mass is 261 g/mol. The number of benzene rings is 1. The van der Waals surface area contributed by atoms with Gasteiger partial charge in [-0.3, -0.25) is 0 Å². The van der Waals surface area contributed by atoms with Gasteiger partial charge in [-0.1, -0.05) is 0 Å². The van der Waals surface area contributed by atoms with Crippen molar-refractivity contribution in [2.24, 2.45) is 0 Å². The summed E-state index contributed by atoms with van der Waals surface area (Å²) in [6, 6.07) is 1.33. The quantitative estimate of drug-likeness (QED) is 0.804. The summed E-state index contributed by atoms with van der Waals surface area (Å²) in [4.78, 5) is 0. The Morgan fingerprint density at radius 1 is 1.22 bits per heavy atom. The fourth-order valence-corrected chi connectivity index (χ4v) is 1.86. The van der Waals surface area contributed by atoms with Crippen LogP contribution in [0.3, 0.4) is 0 Å². The molecule has 2 N–H and O–H groups in total. The van der Waals surface area contributed by atoms with Crippen LogP contribution in [0.4, 0.5) is 13.2 Å². The lowest BCUT2D eigenvalue weighted by atomic mass is 10.0. The first-order valence-corrected chi connectivity index (χ1v) is 5.64. The van der Waals surface area contributed by atoms with Gasteiger partial charge in [0.05, 0.1) is 6.61 Å². The number of aliphatic hydroxyl groups is 1. The maximum absolute atomic E-state index is 13.3. The molecule has 0 saturated carbocycles. The standard InChI is InChI=1S/C12H14F3NO2/c13-9-4-11(15)10(14)3-8(9)5-16-6-12(17)1-2-18-7-12/h3-4,16-17H,1-2,5-7H2. The molecule has 1 aromatic rings. The van der Waals surface area contributed by atoms with E-state index in [9.17, 15) is 18.3 Å². The zero-order valence-electron chi connectivity index (χ0n) is 9.68. The number of halogens is 3. The summed E-state index contributed by atoms with van der Waals surface area (Å²) < 4.78 is 44.0. The molecule has 0 bridgehead atoms. The Morgan fingerprint density at radius 2 is 1.94 bits per heavy atom. The van der Waals surface area contributed by atoms with Crippen molar-refractivity contribution in [2.45, 2.75) is 18.6 Å². The average Bonchev–Trinajstić information content (AvgIpc) is 2.73. The van der Waals surface area contributed by atoms with Crippen molar-refractivity contribution < 1.29 is 23.0 Å². The molecule has 0 spiro atoms. The van der Waals surface area contributed by atoms with Crippen molar-refractivity contribution in [1.29, 1.82) is 0 Å². The topological polar surface area (TPSA) is 41.5 Å². The molecule has 1 atom stereocenters. The van der Waals surface area contributed by atoms with Crippen LogP contribution >= 0.6 is 0 Å². The molecular formula is C12H14F3NO2. The molecule has 1 aliphatic rings. The van der Waals surface area contributed by atoms with Gasteiger partial charge in [0.25, 0.3) is 0 Å². The average molecular weight is 261 g/mol. The lowest BCUT2D eigenvalue weighted by Crippen LogP contribution is -2.40. The van der Waals surface area contributed by atoms with Crippen LogP contribution in [0, 0.1) is 17.5 Å². The molecule has 1 aliphatic heterocycles. The first kappa shape index (κ1) is 13.3. The molecule has 2 rings (SSSR count). The highest BCUT2D eigenvalue weighted by atomic mass is 19.2. The molecule has 1 unspecified atom stereocenters. The van der Waals surface area contributed by atoms with Gasteiger partial charge in [-0.25, -0.2) is 13.2 Å². The zero-order valence-corrected chi connectivity index (χ0v) is 9.68. The molecule has 6 heteroatoms. The largest absolute Gasteiger partial charge is 0.386 e. The highest BCUT2D eigenvalue weighted by Crippen LogP contribution is 2.18. The summed E-state index contributed by atoms with van der Waals surface area (Å²) in [5.41, 5.74) is -0.939. The van der Waals surface area contributed by atoms with E-state index in [0.29, 0.717) is 19.1 Å². The first-order valence-electron chi connectivity index (χ1n) is 5.64. The van der Waals surface area contributed by atoms with E-state index >= 15 is 0 Å². The van der Waals surface area contributed by atoms with E-state index in [4.69, 9.17) is 4.74 Å². The molecule has 0 radical (unpaired) electrons. The smallest absolute Gasteiger partial charge is 0.161 e. The summed E-state index contributed by atoms with van der Waals surface area (Å²) in [7, 11) is 0. The van der Waals surface area contributed by atoms with E-state index in [2.05, 4.69) is 5.32 Å². The Kier molecular flexibility index (Phi) is 3.89. The van der Waals surface area contributed by atoms with Crippen molar-refractivity contribution in [2.75, 3.05) is 19.8 Å². The fourth-order valence-electron chi connectivity index (χ4n) is 1.86. The van der Waals surface area contributed by atoms with Crippen LogP contribution in [-0.4, -0.2) is 30.5 Å². The highest BCUT2D eigenvalue weighted by Gasteiger charge is 2.31. The van der Waals surface area contributed by atoms with Crippen LogP contribution in [0.5, 0.6) is 0 Å². The molecule has 1 saturated heterocycles. The number of ether oxygens (including phenoxy) is 1. The first-order chi connectivity index (χ1) is 8.50. The minimum atomic E-state index is -1.21. The molecule has 1 fully saturated rings. The second-order valence-electron chi connectivity index (χ2n) is 4.49. The normalized spacial score (nSPS) is 23.6. The van der Waals surface area contributed by atoms with E-state index in [1.807, 2.05) is 0 Å². The van der Waals surface area contributed by atoms with Gasteiger partial charge < -0.3 is 15.2 Å². The Labute approximate surface area is 103 Å². The van der Waals surface area contributed by atoms with Crippen LogP contribution in [0.15, 0.2) is 12.1 Å². The second-order valence-corrected chi connectivity index (χ2v) is 4.49. The van der Waals surface area contributed by atoms with Gasteiger partial charge in [-0.15, -0.1) is 0 Å². The number of rotatable bonds is 4. The van der Waals surface area contributed by atoms with Gasteiger partial charge in [0.2, 0.25) is 0 Å². The SMILES string of the molecule is OC1(CNCc2cc(F)c(F)cc2F)CCOC1. The molecule has 0 amide bonds. The molecule has 3 nitrogen and oxygen atoms in total. The van der Waals surface area contributed by atoms with Gasteiger partial charge in [-0.2, -0.15) is 0 Å². The number of hydrogen-bond acceptors (Lipinski definition) is 3. The van der Waals surface area contributed by atoms with Crippen molar-refractivity contribution >= 4 is 0 Å². The van der Waals surface area contributed by atoms with Gasteiger partial charge in [0, 0.05) is 37.7 Å². The van der Waals surface area contributed by atoms with Crippen LogP contribution in [0.25, 0.3) is 0 Å². The van der Waals surface area contributed by atoms with E-state index in [0.717, 1.165) is 6.07 Å². The summed E-state index contributed by atoms with van der Waals surface area (Å²) in [6.45, 7) is 0.939. The van der Waals surface area contributed by atoms with Crippen LogP contribution in [0.1, 0.15) is 12.0 Å². The van der Waals surface area contributed by atoms with E-state index in [1.165, 1.54) is 0 Å². The van der Waals surface area contributed by atoms with E-state index in [-0.39, 0.29) is 25.3 Å². The van der Waals surface area contributed by atoms with Gasteiger partial charge in [-0.05, 0) is 6.07 Å². The van der Waals surface area contributed by atoms with Crippen molar-refractivity contribution in [3.05, 3.63) is 35.1 Å². The molecular weight excluding hydrogens is 247 g/mol. The van der Waals surface area contributed by atoms with E-state index in [1.54, 1.807) is 0 Å². The van der Waals surface area contributed by atoms with Crippen molar-refractivity contribution in [3.63, 3.8) is 0 Å². The molecule has 0 aromatic heterocycles. The predicted octanol–water partition coefficient (Wildman–Crippen LogP) is 1.34. The van der Waals surface area contributed by atoms with Crippen LogP contribution in [-0.2, 0) is 11.3 Å². The number of nitrogens with one attached hydrogen (secondary N) is 1. The summed E-state index contributed by atoms with van der Waals surface area (Å²) >= 11 is 0. The van der Waals surface area contributed by atoms with Crippen LogP contribution < -0.4 is 5.32 Å². The summed E-state index contributed by atoms with van der Waals surface area (Å²) in [5, 5.41) is 12.7. The minimum absolute atomic E-state index is 0.0192. The van der Waals surface area contributed by atoms with Crippen molar-refractivity contribution in [3.8, 4) is 0 Å². The maximum Gasteiger partial charge on any atom is 0.161 e. The van der Waals surface area contributed by atoms with Gasteiger partial charge >= 0.3 is 0 Å². The molecule has 18 heavy (non-hydrogen) atoms. The zero-order chi connectivity index (χ0) is 13.2. The molecule has 100 valence electrons. The molecule has 1 heterocycles. The lowest BCUT2D eigenvalue weighted by Gasteiger charge is -2.20. The molecule has 0 aliphatic carbocycles. The third-order valence-corrected chi connectivity index (χ3v) is 2.94. The summed E-state index contributed by atoms with van der Waals surface area (Å²) in [5.74, 6) is -3.11. The third-order valence-electron chi connectivity index (χ3n) is 2.94. The number of hydrogen-bond donors (Lipinski definition) is 2.